The highest BCUT2D eigenvalue weighted by Crippen LogP contribution is 2.13. The fourth-order valence-corrected chi connectivity index (χ4v) is 1.81. The Morgan fingerprint density at radius 3 is 2.73 bits per heavy atom. The summed E-state index contributed by atoms with van der Waals surface area (Å²) in [4.78, 5) is 10.9. The summed E-state index contributed by atoms with van der Waals surface area (Å²) >= 11 is 3.39. The van der Waals surface area contributed by atoms with Gasteiger partial charge < -0.3 is 10.1 Å². The van der Waals surface area contributed by atoms with Crippen LogP contribution >= 0.6 is 15.9 Å². The standard InChI is InChI=1S/C11H12BrNO2/c12-9-3-1-8(2-4-9)5-10-6-13-11(14)7-15-10/h1-4,10H,5-7H2,(H,13,14). The van der Waals surface area contributed by atoms with E-state index in [1.54, 1.807) is 0 Å². The second-order valence-corrected chi connectivity index (χ2v) is 4.48. The summed E-state index contributed by atoms with van der Waals surface area (Å²) in [5.74, 6) is -0.0259. The van der Waals surface area contributed by atoms with E-state index in [1.807, 2.05) is 12.1 Å². The van der Waals surface area contributed by atoms with Gasteiger partial charge in [-0.2, -0.15) is 0 Å². The Balaban J connectivity index is 1.91. The first-order valence-electron chi connectivity index (χ1n) is 4.87. The Labute approximate surface area is 96.9 Å². The summed E-state index contributed by atoms with van der Waals surface area (Å²) in [7, 11) is 0. The maximum Gasteiger partial charge on any atom is 0.246 e. The number of hydrogen-bond donors (Lipinski definition) is 1. The molecule has 1 saturated heterocycles. The maximum atomic E-state index is 10.9. The van der Waals surface area contributed by atoms with Crippen molar-refractivity contribution in [2.24, 2.45) is 0 Å². The molecule has 1 aromatic rings. The average Bonchev–Trinajstić information content (AvgIpc) is 2.25. The molecule has 2 rings (SSSR count). The molecule has 4 heteroatoms. The lowest BCUT2D eigenvalue weighted by atomic mass is 10.1. The molecule has 80 valence electrons. The third kappa shape index (κ3) is 3.04. The molecular formula is C11H12BrNO2. The summed E-state index contributed by atoms with van der Waals surface area (Å²) in [6, 6.07) is 8.14. The number of halogens is 1. The number of amides is 1. The average molecular weight is 270 g/mol. The van der Waals surface area contributed by atoms with Crippen molar-refractivity contribution >= 4 is 21.8 Å². The minimum Gasteiger partial charge on any atom is -0.366 e. The van der Waals surface area contributed by atoms with Gasteiger partial charge in [0.05, 0.1) is 6.10 Å². The second kappa shape index (κ2) is 4.77. The number of carbonyl (C=O) groups is 1. The third-order valence-electron chi connectivity index (χ3n) is 2.35. The third-order valence-corrected chi connectivity index (χ3v) is 2.88. The van der Waals surface area contributed by atoms with Gasteiger partial charge in [-0.1, -0.05) is 28.1 Å². The highest BCUT2D eigenvalue weighted by molar-refractivity contribution is 9.10. The van der Waals surface area contributed by atoms with Crippen LogP contribution in [-0.4, -0.2) is 25.2 Å². The van der Waals surface area contributed by atoms with Crippen LogP contribution in [0, 0.1) is 0 Å². The van der Waals surface area contributed by atoms with Crippen LogP contribution in [0.15, 0.2) is 28.7 Å². The Morgan fingerprint density at radius 1 is 1.40 bits per heavy atom. The van der Waals surface area contributed by atoms with Crippen molar-refractivity contribution in [2.75, 3.05) is 13.2 Å². The number of rotatable bonds is 2. The molecule has 1 unspecified atom stereocenters. The van der Waals surface area contributed by atoms with Crippen molar-refractivity contribution in [1.82, 2.24) is 5.32 Å². The molecule has 1 aliphatic rings. The van der Waals surface area contributed by atoms with Crippen molar-refractivity contribution in [3.05, 3.63) is 34.3 Å². The molecule has 1 amide bonds. The highest BCUT2D eigenvalue weighted by atomic mass is 79.9. The smallest absolute Gasteiger partial charge is 0.246 e. The van der Waals surface area contributed by atoms with Gasteiger partial charge in [-0.05, 0) is 17.7 Å². The highest BCUT2D eigenvalue weighted by Gasteiger charge is 2.18. The molecule has 3 nitrogen and oxygen atoms in total. The van der Waals surface area contributed by atoms with E-state index in [0.29, 0.717) is 6.54 Å². The SMILES string of the molecule is O=C1COC(Cc2ccc(Br)cc2)CN1. The first kappa shape index (κ1) is 10.6. The predicted molar refractivity (Wildman–Crippen MR) is 60.6 cm³/mol. The van der Waals surface area contributed by atoms with Gasteiger partial charge in [-0.3, -0.25) is 4.79 Å². The number of benzene rings is 1. The van der Waals surface area contributed by atoms with Gasteiger partial charge in [0.1, 0.15) is 6.61 Å². The first-order valence-corrected chi connectivity index (χ1v) is 5.66. The van der Waals surface area contributed by atoms with Gasteiger partial charge in [0.15, 0.2) is 0 Å². The fraction of sp³-hybridized carbons (Fsp3) is 0.364. The lowest BCUT2D eigenvalue weighted by Crippen LogP contribution is -2.43. The molecule has 0 aromatic heterocycles. The molecular weight excluding hydrogens is 258 g/mol. The summed E-state index contributed by atoms with van der Waals surface area (Å²) in [5.41, 5.74) is 1.22. The van der Waals surface area contributed by atoms with E-state index in [4.69, 9.17) is 4.74 Å². The molecule has 1 N–H and O–H groups in total. The Hall–Kier alpha value is -0.870. The van der Waals surface area contributed by atoms with E-state index in [1.165, 1.54) is 5.56 Å². The van der Waals surface area contributed by atoms with Crippen LogP contribution in [0.3, 0.4) is 0 Å². The lowest BCUT2D eigenvalue weighted by molar-refractivity contribution is -0.133. The topological polar surface area (TPSA) is 38.3 Å². The van der Waals surface area contributed by atoms with Crippen molar-refractivity contribution in [2.45, 2.75) is 12.5 Å². The van der Waals surface area contributed by atoms with E-state index in [0.717, 1.165) is 10.9 Å². The maximum absolute atomic E-state index is 10.9. The number of morpholine rings is 1. The molecule has 1 fully saturated rings. The van der Waals surface area contributed by atoms with Crippen molar-refractivity contribution < 1.29 is 9.53 Å². The minimum absolute atomic E-state index is 0.0259. The zero-order valence-electron chi connectivity index (χ0n) is 8.20. The van der Waals surface area contributed by atoms with E-state index in [2.05, 4.69) is 33.4 Å². The van der Waals surface area contributed by atoms with Crippen molar-refractivity contribution in [3.63, 3.8) is 0 Å². The summed E-state index contributed by atoms with van der Waals surface area (Å²) in [5, 5.41) is 2.79. The van der Waals surface area contributed by atoms with E-state index in [9.17, 15) is 4.79 Å². The molecule has 0 bridgehead atoms. The van der Waals surface area contributed by atoms with Gasteiger partial charge in [0, 0.05) is 17.4 Å². The minimum atomic E-state index is -0.0259. The lowest BCUT2D eigenvalue weighted by Gasteiger charge is -2.23. The zero-order chi connectivity index (χ0) is 10.7. The Bertz CT molecular complexity index is 340. The second-order valence-electron chi connectivity index (χ2n) is 3.57. The number of hydrogen-bond acceptors (Lipinski definition) is 2. The van der Waals surface area contributed by atoms with E-state index in [-0.39, 0.29) is 18.6 Å². The van der Waals surface area contributed by atoms with Gasteiger partial charge >= 0.3 is 0 Å². The number of ether oxygens (including phenoxy) is 1. The molecule has 1 aliphatic heterocycles. The molecule has 1 aromatic carbocycles. The quantitative estimate of drug-likeness (QED) is 0.884. The predicted octanol–water partition coefficient (Wildman–Crippen LogP) is 1.51. The normalized spacial score (nSPS) is 21.1. The van der Waals surface area contributed by atoms with Crippen molar-refractivity contribution in [1.29, 1.82) is 0 Å². The molecule has 1 atom stereocenters. The monoisotopic (exact) mass is 269 g/mol. The van der Waals surface area contributed by atoms with E-state index >= 15 is 0 Å². The van der Waals surface area contributed by atoms with Crippen LogP contribution < -0.4 is 5.32 Å². The van der Waals surface area contributed by atoms with Gasteiger partial charge in [0.25, 0.3) is 0 Å². The molecule has 0 spiro atoms. The van der Waals surface area contributed by atoms with E-state index < -0.39 is 0 Å². The van der Waals surface area contributed by atoms with Crippen LogP contribution in [0.25, 0.3) is 0 Å². The summed E-state index contributed by atoms with van der Waals surface area (Å²) in [6.45, 7) is 0.788. The zero-order valence-corrected chi connectivity index (χ0v) is 9.79. The Morgan fingerprint density at radius 2 is 2.13 bits per heavy atom. The van der Waals surface area contributed by atoms with Gasteiger partial charge in [-0.25, -0.2) is 0 Å². The van der Waals surface area contributed by atoms with Crippen LogP contribution in [0.5, 0.6) is 0 Å². The summed E-state index contributed by atoms with van der Waals surface area (Å²) < 4.78 is 6.47. The van der Waals surface area contributed by atoms with Gasteiger partial charge in [0.2, 0.25) is 5.91 Å². The molecule has 0 radical (unpaired) electrons. The number of carbonyl (C=O) groups excluding carboxylic acids is 1. The van der Waals surface area contributed by atoms with Gasteiger partial charge in [-0.15, -0.1) is 0 Å². The van der Waals surface area contributed by atoms with Crippen LogP contribution in [0.4, 0.5) is 0 Å². The largest absolute Gasteiger partial charge is 0.366 e. The fourth-order valence-electron chi connectivity index (χ4n) is 1.55. The van der Waals surface area contributed by atoms with Crippen molar-refractivity contribution in [3.8, 4) is 0 Å². The van der Waals surface area contributed by atoms with Crippen LogP contribution in [-0.2, 0) is 16.0 Å². The number of nitrogens with one attached hydrogen (secondary N) is 1. The van der Waals surface area contributed by atoms with Crippen LogP contribution in [0.1, 0.15) is 5.56 Å². The van der Waals surface area contributed by atoms with Crippen LogP contribution in [0.2, 0.25) is 0 Å². The molecule has 15 heavy (non-hydrogen) atoms. The molecule has 0 aliphatic carbocycles. The summed E-state index contributed by atoms with van der Waals surface area (Å²) in [6.07, 6.45) is 0.942. The first-order chi connectivity index (χ1) is 7.24. The molecule has 1 heterocycles. The molecule has 0 saturated carbocycles. The Kier molecular flexibility index (Phi) is 3.38.